The minimum absolute atomic E-state index is 0.0898. The Morgan fingerprint density at radius 1 is 1.09 bits per heavy atom. The summed E-state index contributed by atoms with van der Waals surface area (Å²) in [4.78, 5) is 0. The van der Waals surface area contributed by atoms with E-state index in [-0.39, 0.29) is 11.0 Å². The second kappa shape index (κ2) is 7.45. The molecule has 2 rings (SSSR count). The van der Waals surface area contributed by atoms with E-state index in [1.807, 2.05) is 19.1 Å². The van der Waals surface area contributed by atoms with Gasteiger partial charge < -0.3 is 4.74 Å². The molecule has 1 atom stereocenters. The third-order valence-corrected chi connectivity index (χ3v) is 6.77. The van der Waals surface area contributed by atoms with E-state index in [1.165, 1.54) is 5.56 Å². The van der Waals surface area contributed by atoms with Crippen molar-refractivity contribution in [3.8, 4) is 5.75 Å². The summed E-state index contributed by atoms with van der Waals surface area (Å²) < 4.78 is 20.1. The molecule has 0 aliphatic rings. The highest BCUT2D eigenvalue weighted by Crippen LogP contribution is 2.50. The highest BCUT2D eigenvalue weighted by molar-refractivity contribution is 7.48. The van der Waals surface area contributed by atoms with Crippen LogP contribution in [0.4, 0.5) is 4.39 Å². The fourth-order valence-corrected chi connectivity index (χ4v) is 4.71. The van der Waals surface area contributed by atoms with Gasteiger partial charge in [0.1, 0.15) is 11.6 Å². The van der Waals surface area contributed by atoms with E-state index < -0.39 is 0 Å². The molecular weight excluding hydrogens is 306 g/mol. The van der Waals surface area contributed by atoms with E-state index in [4.69, 9.17) is 4.74 Å². The Balaban J connectivity index is 2.54. The van der Waals surface area contributed by atoms with Gasteiger partial charge in [0, 0.05) is 16.0 Å². The summed E-state index contributed by atoms with van der Waals surface area (Å²) in [5.74, 6) is 0.845. The molecule has 0 aromatic heterocycles. The fraction of sp³-hybridized carbons (Fsp3) is 0.400. The summed E-state index contributed by atoms with van der Waals surface area (Å²) >= 11 is 0. The number of benzene rings is 2. The fourth-order valence-electron chi connectivity index (χ4n) is 3.15. The molecule has 0 N–H and O–H groups in total. The molecule has 0 bridgehead atoms. The van der Waals surface area contributed by atoms with Crippen molar-refractivity contribution < 1.29 is 9.13 Å². The molecule has 0 aliphatic carbocycles. The van der Waals surface area contributed by atoms with Crippen molar-refractivity contribution in [2.45, 2.75) is 45.7 Å². The Kier molecular flexibility index (Phi) is 5.81. The summed E-state index contributed by atoms with van der Waals surface area (Å²) in [5, 5.41) is 0.718. The summed E-state index contributed by atoms with van der Waals surface area (Å²) in [6.45, 7) is 8.36. The van der Waals surface area contributed by atoms with Crippen LogP contribution in [0, 0.1) is 19.7 Å². The number of ether oxygens (including phenoxy) is 1. The first-order valence-corrected chi connectivity index (χ1v) is 9.15. The first-order chi connectivity index (χ1) is 11.0. The van der Waals surface area contributed by atoms with Gasteiger partial charge in [-0.25, -0.2) is 4.39 Å². The van der Waals surface area contributed by atoms with Crippen LogP contribution in [-0.4, -0.2) is 7.11 Å². The smallest absolute Gasteiger partial charge is 0.130 e. The van der Waals surface area contributed by atoms with Crippen LogP contribution in [0.15, 0.2) is 36.4 Å². The zero-order chi connectivity index (χ0) is 17.0. The van der Waals surface area contributed by atoms with Gasteiger partial charge in [0.15, 0.2) is 0 Å². The number of rotatable bonds is 6. The van der Waals surface area contributed by atoms with E-state index in [0.29, 0.717) is 8.58 Å². The van der Waals surface area contributed by atoms with Crippen LogP contribution in [0.5, 0.6) is 5.75 Å². The molecule has 1 nitrogen and oxygen atoms in total. The molecule has 0 amide bonds. The molecule has 0 spiro atoms. The van der Waals surface area contributed by atoms with Crippen LogP contribution in [-0.2, 0) is 5.16 Å². The lowest BCUT2D eigenvalue weighted by atomic mass is 9.90. The number of aryl methyl sites for hydroxylation is 2. The average Bonchev–Trinajstić information content (AvgIpc) is 2.54. The zero-order valence-electron chi connectivity index (χ0n) is 14.7. The third kappa shape index (κ3) is 3.58. The Labute approximate surface area is 141 Å². The third-order valence-electron chi connectivity index (χ3n) is 4.64. The van der Waals surface area contributed by atoms with Crippen LogP contribution >= 0.6 is 8.58 Å². The predicted octanol–water partition coefficient (Wildman–Crippen LogP) is 5.47. The average molecular weight is 332 g/mol. The Morgan fingerprint density at radius 2 is 1.78 bits per heavy atom. The van der Waals surface area contributed by atoms with E-state index in [9.17, 15) is 4.39 Å². The van der Waals surface area contributed by atoms with Crippen molar-refractivity contribution in [3.63, 3.8) is 0 Å². The van der Waals surface area contributed by atoms with Crippen LogP contribution in [0.3, 0.4) is 0 Å². The summed E-state index contributed by atoms with van der Waals surface area (Å²) in [6.07, 6.45) is 1.91. The van der Waals surface area contributed by atoms with Crippen molar-refractivity contribution >= 4 is 13.9 Å². The standard InChI is InChI=1S/C20H26FOP/c1-6-20(7-2,16-10-8-9-15(4)19(16)22-5)23-18-12-11-14(3)13-17(18)21/h8-13,23H,6-7H2,1-5H3. The maximum atomic E-state index is 14.4. The van der Waals surface area contributed by atoms with E-state index in [2.05, 4.69) is 39.0 Å². The maximum Gasteiger partial charge on any atom is 0.130 e. The predicted molar refractivity (Wildman–Crippen MR) is 99.1 cm³/mol. The van der Waals surface area contributed by atoms with Gasteiger partial charge in [0.25, 0.3) is 0 Å². The summed E-state index contributed by atoms with van der Waals surface area (Å²) in [6, 6.07) is 11.8. The van der Waals surface area contributed by atoms with Crippen molar-refractivity contribution in [1.82, 2.24) is 0 Å². The van der Waals surface area contributed by atoms with Gasteiger partial charge in [0.2, 0.25) is 0 Å². The normalized spacial score (nSPS) is 12.1. The zero-order valence-corrected chi connectivity index (χ0v) is 15.7. The van der Waals surface area contributed by atoms with Gasteiger partial charge in [-0.2, -0.15) is 0 Å². The number of methoxy groups -OCH3 is 1. The molecule has 3 heteroatoms. The Morgan fingerprint density at radius 3 is 2.35 bits per heavy atom. The monoisotopic (exact) mass is 332 g/mol. The summed E-state index contributed by atoms with van der Waals surface area (Å²) in [7, 11) is 2.10. The van der Waals surface area contributed by atoms with Gasteiger partial charge >= 0.3 is 0 Å². The second-order valence-electron chi connectivity index (χ2n) is 6.05. The van der Waals surface area contributed by atoms with E-state index >= 15 is 0 Å². The van der Waals surface area contributed by atoms with Crippen molar-refractivity contribution in [3.05, 3.63) is 58.9 Å². The minimum atomic E-state index is -0.0961. The van der Waals surface area contributed by atoms with Gasteiger partial charge in [-0.05, 0) is 43.9 Å². The molecule has 0 heterocycles. The van der Waals surface area contributed by atoms with Crippen LogP contribution in [0.1, 0.15) is 43.4 Å². The lowest BCUT2D eigenvalue weighted by Crippen LogP contribution is -2.24. The van der Waals surface area contributed by atoms with Gasteiger partial charge in [-0.1, -0.05) is 52.8 Å². The maximum absolute atomic E-state index is 14.4. The lowest BCUT2D eigenvalue weighted by Gasteiger charge is -2.34. The molecule has 0 fully saturated rings. The highest BCUT2D eigenvalue weighted by atomic mass is 31.1. The number of para-hydroxylation sites is 1. The number of halogens is 1. The molecule has 124 valence electrons. The largest absolute Gasteiger partial charge is 0.496 e. The minimum Gasteiger partial charge on any atom is -0.496 e. The van der Waals surface area contributed by atoms with Gasteiger partial charge in [-0.15, -0.1) is 0 Å². The molecule has 23 heavy (non-hydrogen) atoms. The Hall–Kier alpha value is -1.40. The van der Waals surface area contributed by atoms with Crippen LogP contribution < -0.4 is 10.0 Å². The summed E-state index contributed by atoms with van der Waals surface area (Å²) in [5.41, 5.74) is 3.29. The van der Waals surface area contributed by atoms with Gasteiger partial charge in [-0.3, -0.25) is 0 Å². The van der Waals surface area contributed by atoms with Crippen molar-refractivity contribution in [2.75, 3.05) is 7.11 Å². The van der Waals surface area contributed by atoms with Crippen molar-refractivity contribution in [1.29, 1.82) is 0 Å². The molecule has 0 aliphatic heterocycles. The molecular formula is C20H26FOP. The highest BCUT2D eigenvalue weighted by Gasteiger charge is 2.33. The molecule has 2 aromatic rings. The van der Waals surface area contributed by atoms with Crippen molar-refractivity contribution in [2.24, 2.45) is 0 Å². The molecule has 1 unspecified atom stereocenters. The SMILES string of the molecule is CCC(CC)(Pc1ccc(C)cc1F)c1cccc(C)c1OC. The molecule has 2 aromatic carbocycles. The molecule has 0 saturated heterocycles. The quantitative estimate of drug-likeness (QED) is 0.637. The molecule has 0 radical (unpaired) electrons. The first kappa shape index (κ1) is 17.9. The van der Waals surface area contributed by atoms with E-state index in [0.717, 1.165) is 35.0 Å². The Bertz CT molecular complexity index is 677. The second-order valence-corrected chi connectivity index (χ2v) is 7.80. The number of hydrogen-bond acceptors (Lipinski definition) is 1. The van der Waals surface area contributed by atoms with Crippen LogP contribution in [0.25, 0.3) is 0 Å². The van der Waals surface area contributed by atoms with Crippen LogP contribution in [0.2, 0.25) is 0 Å². The van der Waals surface area contributed by atoms with Gasteiger partial charge in [0.05, 0.1) is 7.11 Å². The topological polar surface area (TPSA) is 9.23 Å². The molecule has 0 saturated carbocycles. The number of hydrogen-bond donors (Lipinski definition) is 0. The first-order valence-electron chi connectivity index (χ1n) is 8.15. The van der Waals surface area contributed by atoms with E-state index in [1.54, 1.807) is 13.2 Å². The lowest BCUT2D eigenvalue weighted by molar-refractivity contribution is 0.396.